The molecule has 5 aromatic carbocycles. The largest absolute Gasteiger partial charge is 0.310 e. The molecule has 0 fully saturated rings. The molecule has 0 amide bonds. The van der Waals surface area contributed by atoms with Crippen LogP contribution >= 0.6 is 0 Å². The molecule has 1 aliphatic rings. The number of fused-ring (bicyclic) bond motifs is 1. The van der Waals surface area contributed by atoms with E-state index < -0.39 is 0 Å². The molecule has 190 valence electrons. The van der Waals surface area contributed by atoms with Gasteiger partial charge in [-0.25, -0.2) is 0 Å². The van der Waals surface area contributed by atoms with Gasteiger partial charge >= 0.3 is 0 Å². The minimum atomic E-state index is 0.616. The molecule has 0 saturated carbocycles. The fourth-order valence-corrected chi connectivity index (χ4v) is 5.12. The lowest BCUT2D eigenvalue weighted by Crippen LogP contribution is -2.11. The van der Waals surface area contributed by atoms with E-state index in [9.17, 15) is 0 Å². The average Bonchev–Trinajstić information content (AvgIpc) is 3.53. The predicted molar refractivity (Wildman–Crippen MR) is 162 cm³/mol. The van der Waals surface area contributed by atoms with Gasteiger partial charge in [0.15, 0.2) is 12.2 Å². The molecule has 1 aromatic heterocycles. The number of hydrogen-bond donors (Lipinski definition) is 0. The summed E-state index contributed by atoms with van der Waals surface area (Å²) in [7, 11) is 0. The first kappa shape index (κ1) is 23.7. The van der Waals surface area contributed by atoms with Crippen molar-refractivity contribution in [2.45, 2.75) is 0 Å². The van der Waals surface area contributed by atoms with Crippen molar-refractivity contribution in [3.05, 3.63) is 151 Å². The SMILES string of the molecule is c1ccc(N(c2ccccc2)c2ccc3cc(C4=NN=[N+](c5cccc(-c6ccccn6)c5)C4)ccc3c2)cc1. The summed E-state index contributed by atoms with van der Waals surface area (Å²) in [5.41, 5.74) is 8.39. The Bertz CT molecular complexity index is 1820. The third-order valence-electron chi connectivity index (χ3n) is 7.12. The molecule has 0 aliphatic carbocycles. The number of pyridine rings is 1. The molecule has 6 aromatic rings. The Morgan fingerprint density at radius 2 is 1.27 bits per heavy atom. The van der Waals surface area contributed by atoms with Crippen LogP contribution in [0, 0.1) is 0 Å². The third-order valence-corrected chi connectivity index (χ3v) is 7.12. The smallest absolute Gasteiger partial charge is 0.231 e. The zero-order valence-electron chi connectivity index (χ0n) is 21.8. The summed E-state index contributed by atoms with van der Waals surface area (Å²) in [4.78, 5) is 6.76. The van der Waals surface area contributed by atoms with Gasteiger partial charge in [-0.2, -0.15) is 0 Å². The van der Waals surface area contributed by atoms with E-state index >= 15 is 0 Å². The first-order valence-electron chi connectivity index (χ1n) is 13.3. The summed E-state index contributed by atoms with van der Waals surface area (Å²) in [5.74, 6) is 0. The zero-order valence-corrected chi connectivity index (χ0v) is 21.8. The molecule has 0 radical (unpaired) electrons. The number of benzene rings is 5. The van der Waals surface area contributed by atoms with Crippen molar-refractivity contribution in [1.82, 2.24) is 4.98 Å². The molecule has 2 heterocycles. The third kappa shape index (κ3) is 4.65. The van der Waals surface area contributed by atoms with Crippen molar-refractivity contribution in [2.75, 3.05) is 11.4 Å². The maximum atomic E-state index is 4.54. The van der Waals surface area contributed by atoms with Gasteiger partial charge < -0.3 is 4.90 Å². The van der Waals surface area contributed by atoms with Gasteiger partial charge in [-0.3, -0.25) is 4.98 Å². The van der Waals surface area contributed by atoms with E-state index in [2.05, 4.69) is 123 Å². The lowest BCUT2D eigenvalue weighted by molar-refractivity contribution is -0.492. The van der Waals surface area contributed by atoms with E-state index in [1.807, 2.05) is 47.3 Å². The highest BCUT2D eigenvalue weighted by molar-refractivity contribution is 6.05. The molecular weight excluding hydrogens is 490 g/mol. The molecule has 0 unspecified atom stereocenters. The van der Waals surface area contributed by atoms with Crippen LogP contribution in [0.4, 0.5) is 22.7 Å². The molecule has 1 aliphatic heterocycles. The maximum Gasteiger partial charge on any atom is 0.231 e. The summed E-state index contributed by atoms with van der Waals surface area (Å²) < 4.78 is 1.94. The van der Waals surface area contributed by atoms with E-state index in [-0.39, 0.29) is 0 Å². The molecule has 0 bridgehead atoms. The van der Waals surface area contributed by atoms with E-state index in [1.165, 1.54) is 10.8 Å². The van der Waals surface area contributed by atoms with Crippen molar-refractivity contribution in [2.24, 2.45) is 10.3 Å². The number of para-hydroxylation sites is 2. The summed E-state index contributed by atoms with van der Waals surface area (Å²) in [5, 5.41) is 11.4. The second-order valence-electron chi connectivity index (χ2n) is 9.71. The number of aromatic nitrogens is 1. The predicted octanol–water partition coefficient (Wildman–Crippen LogP) is 8.89. The maximum absolute atomic E-state index is 4.54. The zero-order chi connectivity index (χ0) is 26.7. The Morgan fingerprint density at radius 1 is 0.550 bits per heavy atom. The second kappa shape index (κ2) is 10.4. The van der Waals surface area contributed by atoms with Crippen LogP contribution in [0.15, 0.2) is 156 Å². The Morgan fingerprint density at radius 3 is 2.02 bits per heavy atom. The van der Waals surface area contributed by atoms with Crippen LogP contribution in [0.3, 0.4) is 0 Å². The number of hydrogen-bond acceptors (Lipinski definition) is 4. The van der Waals surface area contributed by atoms with Crippen LogP contribution in [-0.4, -0.2) is 21.9 Å². The normalized spacial score (nSPS) is 12.7. The summed E-state index contributed by atoms with van der Waals surface area (Å²) >= 11 is 0. The lowest BCUT2D eigenvalue weighted by Gasteiger charge is -2.25. The lowest BCUT2D eigenvalue weighted by atomic mass is 10.0. The van der Waals surface area contributed by atoms with Crippen molar-refractivity contribution in [1.29, 1.82) is 0 Å². The Hall–Kier alpha value is -5.42. The van der Waals surface area contributed by atoms with Crippen molar-refractivity contribution in [3.8, 4) is 11.3 Å². The van der Waals surface area contributed by atoms with Crippen LogP contribution in [-0.2, 0) is 0 Å². The number of anilines is 3. The molecule has 0 spiro atoms. The summed E-state index contributed by atoms with van der Waals surface area (Å²) in [6.45, 7) is 0.616. The highest BCUT2D eigenvalue weighted by atomic mass is 15.5. The number of rotatable bonds is 6. The first-order chi connectivity index (χ1) is 19.8. The van der Waals surface area contributed by atoms with E-state index in [0.29, 0.717) is 6.54 Å². The monoisotopic (exact) mass is 516 g/mol. The molecule has 5 heteroatoms. The van der Waals surface area contributed by atoms with E-state index in [4.69, 9.17) is 0 Å². The quantitative estimate of drug-likeness (QED) is 0.208. The first-order valence-corrected chi connectivity index (χ1v) is 13.3. The average molecular weight is 517 g/mol. The van der Waals surface area contributed by atoms with Crippen molar-refractivity contribution >= 4 is 39.2 Å². The molecule has 5 nitrogen and oxygen atoms in total. The topological polar surface area (TPSA) is 43.9 Å². The highest BCUT2D eigenvalue weighted by Gasteiger charge is 2.24. The van der Waals surface area contributed by atoms with Crippen LogP contribution in [0.2, 0.25) is 0 Å². The minimum absolute atomic E-state index is 0.616. The Labute approximate surface area is 233 Å². The molecule has 0 atom stereocenters. The van der Waals surface area contributed by atoms with Crippen LogP contribution in [0.1, 0.15) is 5.56 Å². The van der Waals surface area contributed by atoms with Crippen LogP contribution < -0.4 is 4.90 Å². The van der Waals surface area contributed by atoms with Gasteiger partial charge in [0.05, 0.1) is 10.8 Å². The summed E-state index contributed by atoms with van der Waals surface area (Å²) in [6, 6.07) is 48.3. The minimum Gasteiger partial charge on any atom is -0.310 e. The Kier molecular flexibility index (Phi) is 6.15. The van der Waals surface area contributed by atoms with Crippen molar-refractivity contribution in [3.63, 3.8) is 0 Å². The highest BCUT2D eigenvalue weighted by Crippen LogP contribution is 2.36. The van der Waals surface area contributed by atoms with Gasteiger partial charge in [-0.15, -0.1) is 4.70 Å². The van der Waals surface area contributed by atoms with Gasteiger partial charge in [-0.1, -0.05) is 72.8 Å². The molecule has 7 rings (SSSR count). The Balaban J connectivity index is 1.15. The fourth-order valence-electron chi connectivity index (χ4n) is 5.12. The van der Waals surface area contributed by atoms with E-state index in [1.54, 1.807) is 0 Å². The summed E-state index contributed by atoms with van der Waals surface area (Å²) in [6.07, 6.45) is 1.81. The number of nitrogens with zero attached hydrogens (tertiary/aromatic N) is 5. The fraction of sp³-hybridized carbons (Fsp3) is 0.0286. The van der Waals surface area contributed by atoms with Crippen LogP contribution in [0.5, 0.6) is 0 Å². The molecule has 0 N–H and O–H groups in total. The van der Waals surface area contributed by atoms with Crippen LogP contribution in [0.25, 0.3) is 22.0 Å². The van der Waals surface area contributed by atoms with Gasteiger partial charge in [0.1, 0.15) is 5.22 Å². The molecule has 40 heavy (non-hydrogen) atoms. The van der Waals surface area contributed by atoms with Gasteiger partial charge in [0.25, 0.3) is 0 Å². The van der Waals surface area contributed by atoms with Gasteiger partial charge in [0, 0.05) is 34.4 Å². The standard InChI is InChI=1S/C35H26N5/c1-3-11-30(12-4-1)40(31-13-5-2-6-14-31)33-20-19-26-22-29(18-17-27(26)23-33)35-25-39(38-37-35)32-15-9-10-28(24-32)34-16-7-8-21-36-34/h1-24H,25H2/q+1. The van der Waals surface area contributed by atoms with Gasteiger partial charge in [-0.05, 0) is 77.5 Å². The second-order valence-corrected chi connectivity index (χ2v) is 9.71. The van der Waals surface area contributed by atoms with E-state index in [0.717, 1.165) is 45.3 Å². The van der Waals surface area contributed by atoms with Crippen molar-refractivity contribution < 1.29 is 4.70 Å². The molecule has 0 saturated heterocycles. The van der Waals surface area contributed by atoms with Gasteiger partial charge in [0.2, 0.25) is 5.71 Å². The molecular formula is C35H26N5+.